The summed E-state index contributed by atoms with van der Waals surface area (Å²) in [4.78, 5) is 0. The molecule has 0 aromatic heterocycles. The van der Waals surface area contributed by atoms with Gasteiger partial charge in [-0.1, -0.05) is 0 Å². The van der Waals surface area contributed by atoms with Crippen molar-refractivity contribution in [3.8, 4) is 11.5 Å². The first-order valence-electron chi connectivity index (χ1n) is 5.04. The molecule has 82 valence electrons. The van der Waals surface area contributed by atoms with Gasteiger partial charge in [0.05, 0.1) is 7.11 Å². The highest BCUT2D eigenvalue weighted by Gasteiger charge is 2.21. The van der Waals surface area contributed by atoms with Crippen LogP contribution in [0.5, 0.6) is 11.5 Å². The minimum absolute atomic E-state index is 0.255. The van der Waals surface area contributed by atoms with Crippen LogP contribution in [-0.4, -0.2) is 13.2 Å². The van der Waals surface area contributed by atoms with Crippen molar-refractivity contribution in [2.45, 2.75) is 26.0 Å². The van der Waals surface area contributed by atoms with Gasteiger partial charge < -0.3 is 9.47 Å². The number of hydrazine groups is 1. The Hall–Kier alpha value is -1.26. The second kappa shape index (κ2) is 4.08. The van der Waals surface area contributed by atoms with Gasteiger partial charge in [-0.3, -0.25) is 11.3 Å². The third kappa shape index (κ3) is 1.91. The van der Waals surface area contributed by atoms with Crippen LogP contribution in [0.25, 0.3) is 0 Å². The van der Waals surface area contributed by atoms with Gasteiger partial charge in [0.2, 0.25) is 0 Å². The van der Waals surface area contributed by atoms with Crippen LogP contribution in [-0.2, 0) is 13.0 Å². The maximum atomic E-state index is 5.67. The molecule has 1 aromatic rings. The molecule has 1 heterocycles. The summed E-state index contributed by atoms with van der Waals surface area (Å²) in [7, 11) is 1.67. The zero-order valence-corrected chi connectivity index (χ0v) is 9.04. The average molecular weight is 208 g/mol. The van der Waals surface area contributed by atoms with Gasteiger partial charge in [-0.15, -0.1) is 0 Å². The van der Waals surface area contributed by atoms with Gasteiger partial charge in [0, 0.05) is 24.1 Å². The van der Waals surface area contributed by atoms with Crippen LogP contribution in [0.15, 0.2) is 12.1 Å². The van der Waals surface area contributed by atoms with Crippen LogP contribution in [0, 0.1) is 0 Å². The standard InChI is InChI=1S/C11H16N2O2/c1-7-3-8-4-10(14-2)9(6-13-12)5-11(8)15-7/h4-5,7,13H,3,6,12H2,1-2H3. The third-order valence-electron chi connectivity index (χ3n) is 2.59. The van der Waals surface area contributed by atoms with Crippen LogP contribution in [0.1, 0.15) is 18.1 Å². The quantitative estimate of drug-likeness (QED) is 0.574. The monoisotopic (exact) mass is 208 g/mol. The molecule has 0 saturated carbocycles. The fraction of sp³-hybridized carbons (Fsp3) is 0.455. The minimum atomic E-state index is 0.255. The van der Waals surface area contributed by atoms with E-state index in [4.69, 9.17) is 15.3 Å². The van der Waals surface area contributed by atoms with Crippen LogP contribution in [0.4, 0.5) is 0 Å². The van der Waals surface area contributed by atoms with E-state index >= 15 is 0 Å². The van der Waals surface area contributed by atoms with Gasteiger partial charge in [-0.25, -0.2) is 0 Å². The Morgan fingerprint density at radius 3 is 3.07 bits per heavy atom. The SMILES string of the molecule is COc1cc2c(cc1CNN)OC(C)C2. The molecule has 0 fully saturated rings. The summed E-state index contributed by atoms with van der Waals surface area (Å²) in [5, 5.41) is 0. The molecular formula is C11H16N2O2. The number of rotatable bonds is 3. The smallest absolute Gasteiger partial charge is 0.123 e. The number of nitrogens with one attached hydrogen (secondary N) is 1. The van der Waals surface area contributed by atoms with Crippen molar-refractivity contribution < 1.29 is 9.47 Å². The number of benzene rings is 1. The maximum absolute atomic E-state index is 5.67. The van der Waals surface area contributed by atoms with E-state index in [0.29, 0.717) is 6.54 Å². The zero-order valence-electron chi connectivity index (χ0n) is 9.04. The summed E-state index contributed by atoms with van der Waals surface area (Å²) in [5.74, 6) is 7.13. The van der Waals surface area contributed by atoms with Crippen molar-refractivity contribution in [1.29, 1.82) is 0 Å². The summed E-state index contributed by atoms with van der Waals surface area (Å²) in [5.41, 5.74) is 4.86. The van der Waals surface area contributed by atoms with Gasteiger partial charge in [-0.2, -0.15) is 0 Å². The summed E-state index contributed by atoms with van der Waals surface area (Å²) in [6.07, 6.45) is 1.20. The van der Waals surface area contributed by atoms with E-state index in [2.05, 4.69) is 12.3 Å². The fourth-order valence-corrected chi connectivity index (χ4v) is 1.92. The Morgan fingerprint density at radius 1 is 1.60 bits per heavy atom. The number of ether oxygens (including phenoxy) is 2. The van der Waals surface area contributed by atoms with Gasteiger partial charge in [0.1, 0.15) is 17.6 Å². The lowest BCUT2D eigenvalue weighted by Gasteiger charge is -2.10. The number of methoxy groups -OCH3 is 1. The molecule has 0 spiro atoms. The minimum Gasteiger partial charge on any atom is -0.496 e. The Labute approximate surface area is 89.3 Å². The maximum Gasteiger partial charge on any atom is 0.123 e. The Bertz CT molecular complexity index is 366. The summed E-state index contributed by atoms with van der Waals surface area (Å²) >= 11 is 0. The molecule has 3 N–H and O–H groups in total. The molecule has 4 heteroatoms. The first-order valence-corrected chi connectivity index (χ1v) is 5.04. The Morgan fingerprint density at radius 2 is 2.40 bits per heavy atom. The third-order valence-corrected chi connectivity index (χ3v) is 2.59. The molecule has 4 nitrogen and oxygen atoms in total. The highest BCUT2D eigenvalue weighted by Crippen LogP contribution is 2.34. The van der Waals surface area contributed by atoms with Crippen LogP contribution in [0.3, 0.4) is 0 Å². The van der Waals surface area contributed by atoms with Crippen molar-refractivity contribution in [2.75, 3.05) is 7.11 Å². The molecule has 15 heavy (non-hydrogen) atoms. The predicted molar refractivity (Wildman–Crippen MR) is 57.8 cm³/mol. The molecule has 1 aliphatic heterocycles. The summed E-state index contributed by atoms with van der Waals surface area (Å²) in [6.45, 7) is 2.64. The van der Waals surface area contributed by atoms with Crippen molar-refractivity contribution >= 4 is 0 Å². The van der Waals surface area contributed by atoms with Crippen molar-refractivity contribution in [3.63, 3.8) is 0 Å². The van der Waals surface area contributed by atoms with Gasteiger partial charge in [0.25, 0.3) is 0 Å². The van der Waals surface area contributed by atoms with E-state index in [9.17, 15) is 0 Å². The number of hydrogen-bond donors (Lipinski definition) is 2. The number of hydrogen-bond acceptors (Lipinski definition) is 4. The molecule has 1 unspecified atom stereocenters. The van der Waals surface area contributed by atoms with E-state index in [-0.39, 0.29) is 6.10 Å². The van der Waals surface area contributed by atoms with Crippen molar-refractivity contribution in [1.82, 2.24) is 5.43 Å². The molecule has 0 bridgehead atoms. The van der Waals surface area contributed by atoms with E-state index in [1.807, 2.05) is 12.1 Å². The fourth-order valence-electron chi connectivity index (χ4n) is 1.92. The van der Waals surface area contributed by atoms with Crippen LogP contribution in [0.2, 0.25) is 0 Å². The lowest BCUT2D eigenvalue weighted by atomic mass is 10.1. The number of nitrogens with two attached hydrogens (primary N) is 1. The number of fused-ring (bicyclic) bond motifs is 1. The lowest BCUT2D eigenvalue weighted by Crippen LogP contribution is -2.21. The van der Waals surface area contributed by atoms with E-state index in [1.54, 1.807) is 7.11 Å². The van der Waals surface area contributed by atoms with E-state index < -0.39 is 0 Å². The molecule has 1 aliphatic rings. The topological polar surface area (TPSA) is 56.5 Å². The van der Waals surface area contributed by atoms with E-state index in [0.717, 1.165) is 23.5 Å². The highest BCUT2D eigenvalue weighted by molar-refractivity contribution is 5.48. The van der Waals surface area contributed by atoms with Crippen molar-refractivity contribution in [2.24, 2.45) is 5.84 Å². The Kier molecular flexibility index (Phi) is 2.79. The second-order valence-corrected chi connectivity index (χ2v) is 3.79. The van der Waals surface area contributed by atoms with Gasteiger partial charge in [0.15, 0.2) is 0 Å². The summed E-state index contributed by atoms with van der Waals surface area (Å²) in [6, 6.07) is 4.03. The van der Waals surface area contributed by atoms with Crippen LogP contribution < -0.4 is 20.7 Å². The Balaban J connectivity index is 2.36. The molecule has 2 rings (SSSR count). The lowest BCUT2D eigenvalue weighted by molar-refractivity contribution is 0.254. The molecule has 1 aromatic carbocycles. The van der Waals surface area contributed by atoms with Gasteiger partial charge >= 0.3 is 0 Å². The zero-order chi connectivity index (χ0) is 10.8. The van der Waals surface area contributed by atoms with Gasteiger partial charge in [-0.05, 0) is 19.1 Å². The van der Waals surface area contributed by atoms with E-state index in [1.165, 1.54) is 5.56 Å². The molecule has 1 atom stereocenters. The molecule has 0 saturated heterocycles. The average Bonchev–Trinajstić information content (AvgIpc) is 2.56. The second-order valence-electron chi connectivity index (χ2n) is 3.79. The first-order chi connectivity index (χ1) is 7.24. The molecular weight excluding hydrogens is 192 g/mol. The molecule has 0 amide bonds. The predicted octanol–water partition coefficient (Wildman–Crippen LogP) is 0.982. The summed E-state index contributed by atoms with van der Waals surface area (Å²) < 4.78 is 11.0. The normalized spacial score (nSPS) is 18.5. The molecule has 0 aliphatic carbocycles. The molecule has 0 radical (unpaired) electrons. The highest BCUT2D eigenvalue weighted by atomic mass is 16.5. The van der Waals surface area contributed by atoms with Crippen molar-refractivity contribution in [3.05, 3.63) is 23.3 Å². The first kappa shape index (κ1) is 10.3. The largest absolute Gasteiger partial charge is 0.496 e. The van der Waals surface area contributed by atoms with Crippen LogP contribution >= 0.6 is 0 Å².